The summed E-state index contributed by atoms with van der Waals surface area (Å²) >= 11 is 0. The zero-order valence-corrected chi connectivity index (χ0v) is 7.49. The number of nitrogens with zero attached hydrogens (tertiary/aromatic N) is 1. The van der Waals surface area contributed by atoms with Crippen molar-refractivity contribution in [3.63, 3.8) is 0 Å². The standard InChI is InChI=1S/C11H13N/c1-4-12(10(2)3)11-8-6-5-7-9-11/h1,5-10H,2-3H3. The van der Waals surface area contributed by atoms with Crippen molar-refractivity contribution in [3.8, 4) is 12.5 Å². The molecule has 0 atom stereocenters. The highest BCUT2D eigenvalue weighted by molar-refractivity contribution is 5.51. The van der Waals surface area contributed by atoms with Crippen molar-refractivity contribution in [2.45, 2.75) is 19.9 Å². The molecular weight excluding hydrogens is 146 g/mol. The van der Waals surface area contributed by atoms with Crippen LogP contribution in [0.1, 0.15) is 13.8 Å². The highest BCUT2D eigenvalue weighted by atomic mass is 15.1. The van der Waals surface area contributed by atoms with Crippen LogP contribution in [-0.2, 0) is 0 Å². The van der Waals surface area contributed by atoms with Crippen LogP contribution in [-0.4, -0.2) is 6.04 Å². The SMILES string of the molecule is C#CN(c1ccccc1)C(C)C. The number of terminal acetylenes is 1. The van der Waals surface area contributed by atoms with E-state index < -0.39 is 0 Å². The van der Waals surface area contributed by atoms with Crippen LogP contribution < -0.4 is 4.90 Å². The van der Waals surface area contributed by atoms with Gasteiger partial charge in [-0.15, -0.1) is 0 Å². The smallest absolute Gasteiger partial charge is 0.0492 e. The van der Waals surface area contributed by atoms with Crippen molar-refractivity contribution in [1.29, 1.82) is 0 Å². The highest BCUT2D eigenvalue weighted by Gasteiger charge is 2.05. The maximum absolute atomic E-state index is 5.38. The lowest BCUT2D eigenvalue weighted by Crippen LogP contribution is -2.24. The molecule has 0 N–H and O–H groups in total. The van der Waals surface area contributed by atoms with Crippen molar-refractivity contribution in [1.82, 2.24) is 0 Å². The fraction of sp³-hybridized carbons (Fsp3) is 0.273. The van der Waals surface area contributed by atoms with E-state index in [0.717, 1.165) is 5.69 Å². The Hall–Kier alpha value is -1.42. The molecule has 0 fully saturated rings. The first-order valence-electron chi connectivity index (χ1n) is 4.06. The molecule has 0 saturated carbocycles. The van der Waals surface area contributed by atoms with Crippen molar-refractivity contribution in [3.05, 3.63) is 30.3 Å². The van der Waals surface area contributed by atoms with Gasteiger partial charge in [-0.05, 0) is 26.0 Å². The van der Waals surface area contributed by atoms with Gasteiger partial charge in [0.05, 0.1) is 0 Å². The largest absolute Gasteiger partial charge is 0.299 e. The molecule has 0 saturated heterocycles. The number of benzene rings is 1. The van der Waals surface area contributed by atoms with Crippen LogP contribution in [0.25, 0.3) is 0 Å². The quantitative estimate of drug-likeness (QED) is 0.473. The third-order valence-electron chi connectivity index (χ3n) is 1.69. The topological polar surface area (TPSA) is 3.24 Å². The van der Waals surface area contributed by atoms with Crippen molar-refractivity contribution >= 4 is 5.69 Å². The highest BCUT2D eigenvalue weighted by Crippen LogP contribution is 2.14. The fourth-order valence-corrected chi connectivity index (χ4v) is 1.11. The number of hydrogen-bond acceptors (Lipinski definition) is 1. The minimum atomic E-state index is 0.345. The van der Waals surface area contributed by atoms with Gasteiger partial charge in [0.15, 0.2) is 0 Å². The predicted molar refractivity (Wildman–Crippen MR) is 52.9 cm³/mol. The Bertz CT molecular complexity index is 269. The minimum absolute atomic E-state index is 0.345. The lowest BCUT2D eigenvalue weighted by atomic mass is 10.2. The molecule has 0 heterocycles. The molecule has 0 aliphatic heterocycles. The predicted octanol–water partition coefficient (Wildman–Crippen LogP) is 2.49. The minimum Gasteiger partial charge on any atom is -0.299 e. The third kappa shape index (κ3) is 1.79. The zero-order valence-electron chi connectivity index (χ0n) is 7.49. The Labute approximate surface area is 74.0 Å². The Kier molecular flexibility index (Phi) is 2.76. The molecule has 1 aromatic rings. The molecule has 1 heteroatoms. The molecule has 0 unspecified atom stereocenters. The summed E-state index contributed by atoms with van der Waals surface area (Å²) < 4.78 is 0. The van der Waals surface area contributed by atoms with E-state index in [9.17, 15) is 0 Å². The molecule has 0 aliphatic carbocycles. The van der Waals surface area contributed by atoms with Crippen molar-refractivity contribution in [2.24, 2.45) is 0 Å². The average molecular weight is 159 g/mol. The van der Waals surface area contributed by atoms with E-state index in [1.165, 1.54) is 0 Å². The number of anilines is 1. The number of para-hydroxylation sites is 1. The summed E-state index contributed by atoms with van der Waals surface area (Å²) in [4.78, 5) is 1.90. The van der Waals surface area contributed by atoms with E-state index in [0.29, 0.717) is 6.04 Å². The second kappa shape index (κ2) is 3.82. The molecule has 0 aliphatic rings. The molecular formula is C11H13N. The molecule has 1 nitrogen and oxygen atoms in total. The fourth-order valence-electron chi connectivity index (χ4n) is 1.11. The molecule has 0 amide bonds. The van der Waals surface area contributed by atoms with E-state index in [1.807, 2.05) is 35.2 Å². The molecule has 0 spiro atoms. The molecule has 62 valence electrons. The Morgan fingerprint density at radius 1 is 1.25 bits per heavy atom. The van der Waals surface area contributed by atoms with Crippen LogP contribution in [0.5, 0.6) is 0 Å². The summed E-state index contributed by atoms with van der Waals surface area (Å²) in [7, 11) is 0. The molecule has 1 rings (SSSR count). The summed E-state index contributed by atoms with van der Waals surface area (Å²) in [6.45, 7) is 4.15. The molecule has 1 aromatic carbocycles. The van der Waals surface area contributed by atoms with Gasteiger partial charge in [0.1, 0.15) is 0 Å². The van der Waals surface area contributed by atoms with Gasteiger partial charge in [0.2, 0.25) is 0 Å². The maximum Gasteiger partial charge on any atom is 0.0492 e. The van der Waals surface area contributed by atoms with E-state index in [2.05, 4.69) is 19.9 Å². The Balaban J connectivity index is 2.90. The van der Waals surface area contributed by atoms with Gasteiger partial charge in [0, 0.05) is 17.8 Å². The average Bonchev–Trinajstić information content (AvgIpc) is 2.07. The summed E-state index contributed by atoms with van der Waals surface area (Å²) in [5, 5.41) is 0. The normalized spacial score (nSPS) is 9.50. The van der Waals surface area contributed by atoms with Crippen LogP contribution in [0.2, 0.25) is 0 Å². The lowest BCUT2D eigenvalue weighted by Gasteiger charge is -2.21. The van der Waals surface area contributed by atoms with Gasteiger partial charge in [0.25, 0.3) is 0 Å². The van der Waals surface area contributed by atoms with E-state index in [1.54, 1.807) is 0 Å². The first kappa shape index (κ1) is 8.67. The van der Waals surface area contributed by atoms with Crippen LogP contribution in [0, 0.1) is 12.5 Å². The molecule has 0 radical (unpaired) electrons. The van der Waals surface area contributed by atoms with Crippen LogP contribution in [0.15, 0.2) is 30.3 Å². The first-order chi connectivity index (χ1) is 5.75. The maximum atomic E-state index is 5.38. The van der Waals surface area contributed by atoms with Gasteiger partial charge < -0.3 is 0 Å². The summed E-state index contributed by atoms with van der Waals surface area (Å²) in [6.07, 6.45) is 5.38. The summed E-state index contributed by atoms with van der Waals surface area (Å²) in [6, 6.07) is 13.0. The van der Waals surface area contributed by atoms with Gasteiger partial charge in [-0.2, -0.15) is 0 Å². The molecule has 0 bridgehead atoms. The van der Waals surface area contributed by atoms with Crippen LogP contribution in [0.3, 0.4) is 0 Å². The second-order valence-corrected chi connectivity index (χ2v) is 2.93. The molecule has 12 heavy (non-hydrogen) atoms. The Morgan fingerprint density at radius 2 is 1.83 bits per heavy atom. The number of rotatable bonds is 2. The van der Waals surface area contributed by atoms with E-state index in [-0.39, 0.29) is 0 Å². The molecule has 0 aromatic heterocycles. The van der Waals surface area contributed by atoms with Gasteiger partial charge in [-0.1, -0.05) is 24.6 Å². The van der Waals surface area contributed by atoms with Crippen molar-refractivity contribution in [2.75, 3.05) is 4.90 Å². The zero-order chi connectivity index (χ0) is 8.97. The third-order valence-corrected chi connectivity index (χ3v) is 1.69. The van der Waals surface area contributed by atoms with Crippen LogP contribution >= 0.6 is 0 Å². The monoisotopic (exact) mass is 159 g/mol. The second-order valence-electron chi connectivity index (χ2n) is 2.93. The summed E-state index contributed by atoms with van der Waals surface area (Å²) in [5.41, 5.74) is 1.08. The first-order valence-corrected chi connectivity index (χ1v) is 4.06. The lowest BCUT2D eigenvalue weighted by molar-refractivity contribution is 0.798. The van der Waals surface area contributed by atoms with Gasteiger partial charge >= 0.3 is 0 Å². The van der Waals surface area contributed by atoms with Gasteiger partial charge in [-0.3, -0.25) is 4.90 Å². The summed E-state index contributed by atoms with van der Waals surface area (Å²) in [5.74, 6) is 0. The Morgan fingerprint density at radius 3 is 2.25 bits per heavy atom. The van der Waals surface area contributed by atoms with E-state index >= 15 is 0 Å². The van der Waals surface area contributed by atoms with Crippen LogP contribution in [0.4, 0.5) is 5.69 Å². The number of hydrogen-bond donors (Lipinski definition) is 0. The van der Waals surface area contributed by atoms with E-state index in [4.69, 9.17) is 6.42 Å². The van der Waals surface area contributed by atoms with Gasteiger partial charge in [-0.25, -0.2) is 0 Å². The van der Waals surface area contributed by atoms with Crippen molar-refractivity contribution < 1.29 is 0 Å².